The van der Waals surface area contributed by atoms with Crippen molar-refractivity contribution in [2.75, 3.05) is 25.0 Å². The lowest BCUT2D eigenvalue weighted by Gasteiger charge is -2.21. The van der Waals surface area contributed by atoms with Crippen LogP contribution < -0.4 is 5.32 Å². The van der Waals surface area contributed by atoms with Crippen LogP contribution in [0.15, 0.2) is 12.3 Å². The van der Waals surface area contributed by atoms with E-state index < -0.39 is 4.92 Å². The lowest BCUT2D eigenvalue weighted by Crippen LogP contribution is -2.33. The molecule has 1 N–H and O–H groups in total. The van der Waals surface area contributed by atoms with Crippen LogP contribution in [0.3, 0.4) is 0 Å². The zero-order chi connectivity index (χ0) is 13.8. The lowest BCUT2D eigenvalue weighted by molar-refractivity contribution is -0.384. The van der Waals surface area contributed by atoms with E-state index in [0.717, 1.165) is 19.6 Å². The molecule has 1 aromatic rings. The molecule has 1 aliphatic rings. The highest BCUT2D eigenvalue weighted by Crippen LogP contribution is 2.25. The molecule has 1 saturated heterocycles. The van der Waals surface area contributed by atoms with Crippen molar-refractivity contribution in [3.05, 3.63) is 27.4 Å². The Labute approximate surface area is 116 Å². The summed E-state index contributed by atoms with van der Waals surface area (Å²) in [4.78, 5) is 16.8. The van der Waals surface area contributed by atoms with E-state index in [-0.39, 0.29) is 22.6 Å². The van der Waals surface area contributed by atoms with Crippen molar-refractivity contribution < 1.29 is 4.92 Å². The minimum Gasteiger partial charge on any atom is -0.361 e. The summed E-state index contributed by atoms with van der Waals surface area (Å²) in [6.45, 7) is 5.06. The summed E-state index contributed by atoms with van der Waals surface area (Å²) in [5.74, 6) is 0.279. The van der Waals surface area contributed by atoms with E-state index in [9.17, 15) is 10.1 Å². The highest BCUT2D eigenvalue weighted by Gasteiger charge is 2.20. The van der Waals surface area contributed by atoms with Gasteiger partial charge in [0.1, 0.15) is 0 Å². The van der Waals surface area contributed by atoms with Crippen LogP contribution in [-0.4, -0.2) is 40.5 Å². The van der Waals surface area contributed by atoms with Crippen molar-refractivity contribution in [2.45, 2.75) is 25.8 Å². The normalized spacial score (nSPS) is 17.4. The fourth-order valence-electron chi connectivity index (χ4n) is 2.31. The smallest absolute Gasteiger partial charge is 0.312 e. The molecular weight excluding hydrogens is 268 g/mol. The monoisotopic (exact) mass is 284 g/mol. The summed E-state index contributed by atoms with van der Waals surface area (Å²) >= 11 is 5.73. The van der Waals surface area contributed by atoms with Gasteiger partial charge in [0, 0.05) is 24.8 Å². The SMILES string of the molecule is CC(CN1CCCC1)Nc1ncc(Cl)cc1[N+](=O)[O-]. The Bertz CT molecular complexity index is 463. The van der Waals surface area contributed by atoms with Crippen molar-refractivity contribution in [3.63, 3.8) is 0 Å². The second kappa shape index (κ2) is 6.16. The number of nitrogens with zero attached hydrogens (tertiary/aromatic N) is 3. The van der Waals surface area contributed by atoms with Crippen molar-refractivity contribution >= 4 is 23.1 Å². The predicted molar refractivity (Wildman–Crippen MR) is 74.7 cm³/mol. The quantitative estimate of drug-likeness (QED) is 0.664. The maximum Gasteiger partial charge on any atom is 0.312 e. The van der Waals surface area contributed by atoms with Gasteiger partial charge in [-0.3, -0.25) is 10.1 Å². The minimum absolute atomic E-state index is 0.0826. The third-order valence-electron chi connectivity index (χ3n) is 3.14. The lowest BCUT2D eigenvalue weighted by atomic mass is 10.3. The van der Waals surface area contributed by atoms with Gasteiger partial charge in [-0.15, -0.1) is 0 Å². The molecule has 1 aliphatic heterocycles. The van der Waals surface area contributed by atoms with Crippen LogP contribution in [0.25, 0.3) is 0 Å². The number of aromatic nitrogens is 1. The van der Waals surface area contributed by atoms with E-state index in [4.69, 9.17) is 11.6 Å². The predicted octanol–water partition coefficient (Wildman–Crippen LogP) is 2.54. The second-order valence-corrected chi connectivity index (χ2v) is 5.27. The zero-order valence-electron chi connectivity index (χ0n) is 10.8. The van der Waals surface area contributed by atoms with E-state index in [1.807, 2.05) is 6.92 Å². The maximum absolute atomic E-state index is 11.0. The Balaban J connectivity index is 2.03. The summed E-state index contributed by atoms with van der Waals surface area (Å²) < 4.78 is 0. The molecule has 2 rings (SSSR count). The summed E-state index contributed by atoms with van der Waals surface area (Å²) in [6.07, 6.45) is 3.87. The van der Waals surface area contributed by atoms with E-state index in [1.165, 1.54) is 25.1 Å². The molecule has 0 radical (unpaired) electrons. The summed E-state index contributed by atoms with van der Waals surface area (Å²) in [5.41, 5.74) is -0.0826. The van der Waals surface area contributed by atoms with Crippen molar-refractivity contribution in [3.8, 4) is 0 Å². The fraction of sp³-hybridized carbons (Fsp3) is 0.583. The molecular formula is C12H17ClN4O2. The summed E-state index contributed by atoms with van der Waals surface area (Å²) in [7, 11) is 0. The van der Waals surface area contributed by atoms with E-state index in [2.05, 4.69) is 15.2 Å². The van der Waals surface area contributed by atoms with Gasteiger partial charge in [0.2, 0.25) is 5.82 Å². The maximum atomic E-state index is 11.0. The van der Waals surface area contributed by atoms with Crippen LogP contribution in [0, 0.1) is 10.1 Å². The van der Waals surface area contributed by atoms with Gasteiger partial charge in [0.05, 0.1) is 9.95 Å². The highest BCUT2D eigenvalue weighted by molar-refractivity contribution is 6.30. The first-order valence-corrected chi connectivity index (χ1v) is 6.73. The number of hydrogen-bond donors (Lipinski definition) is 1. The summed E-state index contributed by atoms with van der Waals surface area (Å²) in [6, 6.07) is 1.42. The molecule has 2 heterocycles. The van der Waals surface area contributed by atoms with Crippen LogP contribution in [0.4, 0.5) is 11.5 Å². The molecule has 19 heavy (non-hydrogen) atoms. The first kappa shape index (κ1) is 14.0. The molecule has 7 heteroatoms. The number of pyridine rings is 1. The molecule has 0 spiro atoms. The molecule has 1 unspecified atom stereocenters. The Morgan fingerprint density at radius 3 is 2.89 bits per heavy atom. The Kier molecular flexibility index (Phi) is 4.55. The third-order valence-corrected chi connectivity index (χ3v) is 3.35. The molecule has 1 fully saturated rings. The Morgan fingerprint density at radius 2 is 2.26 bits per heavy atom. The van der Waals surface area contributed by atoms with Gasteiger partial charge >= 0.3 is 5.69 Å². The molecule has 1 atom stereocenters. The van der Waals surface area contributed by atoms with Crippen LogP contribution in [0.1, 0.15) is 19.8 Å². The van der Waals surface area contributed by atoms with Crippen LogP contribution in [0.2, 0.25) is 5.02 Å². The number of rotatable bonds is 5. The highest BCUT2D eigenvalue weighted by atomic mass is 35.5. The second-order valence-electron chi connectivity index (χ2n) is 4.83. The van der Waals surface area contributed by atoms with Crippen molar-refractivity contribution in [2.24, 2.45) is 0 Å². The molecule has 0 amide bonds. The zero-order valence-corrected chi connectivity index (χ0v) is 11.6. The number of anilines is 1. The van der Waals surface area contributed by atoms with Gasteiger partial charge in [-0.05, 0) is 32.9 Å². The van der Waals surface area contributed by atoms with E-state index in [1.54, 1.807) is 0 Å². The van der Waals surface area contributed by atoms with Crippen LogP contribution >= 0.6 is 11.6 Å². The topological polar surface area (TPSA) is 71.3 Å². The number of likely N-dealkylation sites (tertiary alicyclic amines) is 1. The third kappa shape index (κ3) is 3.78. The average Bonchev–Trinajstić information content (AvgIpc) is 2.83. The first-order chi connectivity index (χ1) is 9.06. The summed E-state index contributed by atoms with van der Waals surface area (Å²) in [5, 5.41) is 14.3. The molecule has 0 bridgehead atoms. The van der Waals surface area contributed by atoms with Gasteiger partial charge < -0.3 is 10.2 Å². The first-order valence-electron chi connectivity index (χ1n) is 6.35. The van der Waals surface area contributed by atoms with Gasteiger partial charge in [0.25, 0.3) is 0 Å². The van der Waals surface area contributed by atoms with Crippen molar-refractivity contribution in [1.82, 2.24) is 9.88 Å². The van der Waals surface area contributed by atoms with E-state index in [0.29, 0.717) is 0 Å². The average molecular weight is 285 g/mol. The van der Waals surface area contributed by atoms with E-state index >= 15 is 0 Å². The minimum atomic E-state index is -0.468. The van der Waals surface area contributed by atoms with Crippen LogP contribution in [-0.2, 0) is 0 Å². The fourth-order valence-corrected chi connectivity index (χ4v) is 2.46. The molecule has 104 valence electrons. The van der Waals surface area contributed by atoms with Crippen LogP contribution in [0.5, 0.6) is 0 Å². The number of nitrogens with one attached hydrogen (secondary N) is 1. The van der Waals surface area contributed by atoms with Crippen molar-refractivity contribution in [1.29, 1.82) is 0 Å². The number of halogens is 1. The largest absolute Gasteiger partial charge is 0.361 e. The molecule has 0 saturated carbocycles. The molecule has 1 aromatic heterocycles. The van der Waals surface area contributed by atoms with Gasteiger partial charge in [-0.25, -0.2) is 4.98 Å². The Hall–Kier alpha value is -1.40. The standard InChI is InChI=1S/C12H17ClN4O2/c1-9(8-16-4-2-3-5-16)15-12-11(17(18)19)6-10(13)7-14-12/h6-7,9H,2-5,8H2,1H3,(H,14,15). The van der Waals surface area contributed by atoms with Gasteiger partial charge in [-0.2, -0.15) is 0 Å². The van der Waals surface area contributed by atoms with Gasteiger partial charge in [0.15, 0.2) is 0 Å². The number of nitro groups is 1. The molecule has 0 aromatic carbocycles. The molecule has 0 aliphatic carbocycles. The Morgan fingerprint density at radius 1 is 1.58 bits per heavy atom. The molecule has 6 nitrogen and oxygen atoms in total. The van der Waals surface area contributed by atoms with Gasteiger partial charge in [-0.1, -0.05) is 11.6 Å². The number of hydrogen-bond acceptors (Lipinski definition) is 5.